The molecule has 0 saturated heterocycles. The van der Waals surface area contributed by atoms with Crippen molar-refractivity contribution in [2.45, 2.75) is 0 Å². The van der Waals surface area contributed by atoms with Gasteiger partial charge in [-0.15, -0.1) is 0 Å². The molecule has 140 valence electrons. The first-order valence-electron chi connectivity index (χ1n) is 8.01. The Morgan fingerprint density at radius 1 is 0.857 bits per heavy atom. The molecule has 0 atom stereocenters. The molecule has 8 heteroatoms. The fourth-order valence-corrected chi connectivity index (χ4v) is 2.94. The number of nitro groups is 1. The maximum atomic E-state index is 12.8. The van der Waals surface area contributed by atoms with Crippen LogP contribution < -0.4 is 5.32 Å². The maximum absolute atomic E-state index is 12.8. The molecule has 0 unspecified atom stereocenters. The van der Waals surface area contributed by atoms with Gasteiger partial charge in [-0.1, -0.05) is 53.5 Å². The Balaban J connectivity index is 2.00. The molecule has 0 aliphatic rings. The second kappa shape index (κ2) is 8.21. The van der Waals surface area contributed by atoms with Crippen LogP contribution >= 0.6 is 23.2 Å². The van der Waals surface area contributed by atoms with Gasteiger partial charge in [-0.3, -0.25) is 19.7 Å². The monoisotopic (exact) mass is 414 g/mol. The minimum Gasteiger partial charge on any atom is -0.321 e. The standard InChI is InChI=1S/C20H12Cl2N2O4/c21-13-6-8-17(15(10-13)19(25)12-4-2-1-3-5-12)23-20(26)16-11-14(22)7-9-18(16)24(27)28/h1-11H,(H,23,26). The highest BCUT2D eigenvalue weighted by atomic mass is 35.5. The molecular formula is C20H12Cl2N2O4. The lowest BCUT2D eigenvalue weighted by molar-refractivity contribution is -0.385. The summed E-state index contributed by atoms with van der Waals surface area (Å²) in [7, 11) is 0. The molecule has 1 N–H and O–H groups in total. The van der Waals surface area contributed by atoms with Gasteiger partial charge in [0.25, 0.3) is 11.6 Å². The molecule has 0 fully saturated rings. The molecule has 0 bridgehead atoms. The maximum Gasteiger partial charge on any atom is 0.282 e. The Morgan fingerprint density at radius 2 is 1.46 bits per heavy atom. The Labute approximate surface area is 169 Å². The smallest absolute Gasteiger partial charge is 0.282 e. The van der Waals surface area contributed by atoms with E-state index in [-0.39, 0.29) is 27.6 Å². The average Bonchev–Trinajstić information content (AvgIpc) is 2.69. The number of anilines is 1. The molecule has 3 aromatic rings. The summed E-state index contributed by atoms with van der Waals surface area (Å²) >= 11 is 11.9. The normalized spacial score (nSPS) is 10.4. The summed E-state index contributed by atoms with van der Waals surface area (Å²) in [5.74, 6) is -1.11. The van der Waals surface area contributed by atoms with Crippen LogP contribution in [0.15, 0.2) is 66.7 Å². The van der Waals surface area contributed by atoms with Gasteiger partial charge >= 0.3 is 0 Å². The van der Waals surface area contributed by atoms with Crippen molar-refractivity contribution in [1.29, 1.82) is 0 Å². The van der Waals surface area contributed by atoms with Gasteiger partial charge in [-0.05, 0) is 30.3 Å². The second-order valence-corrected chi connectivity index (χ2v) is 6.63. The molecule has 3 rings (SSSR count). The summed E-state index contributed by atoms with van der Waals surface area (Å²) in [6.07, 6.45) is 0. The lowest BCUT2D eigenvalue weighted by Crippen LogP contribution is -2.16. The molecule has 0 aliphatic heterocycles. The lowest BCUT2D eigenvalue weighted by Gasteiger charge is -2.11. The Hall–Kier alpha value is -3.22. The van der Waals surface area contributed by atoms with Crippen LogP contribution in [0, 0.1) is 10.1 Å². The molecule has 0 radical (unpaired) electrons. The van der Waals surface area contributed by atoms with E-state index in [1.54, 1.807) is 30.3 Å². The van der Waals surface area contributed by atoms with E-state index in [0.29, 0.717) is 10.6 Å². The Bertz CT molecular complexity index is 1080. The van der Waals surface area contributed by atoms with Crippen LogP contribution in [0.2, 0.25) is 10.0 Å². The third kappa shape index (κ3) is 4.19. The summed E-state index contributed by atoms with van der Waals surface area (Å²) in [6.45, 7) is 0. The summed E-state index contributed by atoms with van der Waals surface area (Å²) in [5, 5.41) is 14.2. The largest absolute Gasteiger partial charge is 0.321 e. The molecule has 3 aromatic carbocycles. The highest BCUT2D eigenvalue weighted by Gasteiger charge is 2.23. The van der Waals surface area contributed by atoms with E-state index < -0.39 is 16.5 Å². The van der Waals surface area contributed by atoms with Crippen LogP contribution in [0.25, 0.3) is 0 Å². The van der Waals surface area contributed by atoms with Crippen LogP contribution in [0.4, 0.5) is 11.4 Å². The zero-order valence-corrected chi connectivity index (χ0v) is 15.7. The number of hydrogen-bond acceptors (Lipinski definition) is 4. The van der Waals surface area contributed by atoms with Crippen molar-refractivity contribution < 1.29 is 14.5 Å². The van der Waals surface area contributed by atoms with Crippen molar-refractivity contribution in [3.8, 4) is 0 Å². The first kappa shape index (κ1) is 19.5. The van der Waals surface area contributed by atoms with E-state index in [9.17, 15) is 19.7 Å². The van der Waals surface area contributed by atoms with Crippen LogP contribution in [-0.2, 0) is 0 Å². The van der Waals surface area contributed by atoms with Crippen molar-refractivity contribution >= 4 is 46.3 Å². The van der Waals surface area contributed by atoms with Gasteiger partial charge in [0, 0.05) is 27.2 Å². The van der Waals surface area contributed by atoms with Crippen molar-refractivity contribution in [2.24, 2.45) is 0 Å². The molecule has 6 nitrogen and oxygen atoms in total. The first-order chi connectivity index (χ1) is 13.4. The minimum atomic E-state index is -0.765. The zero-order valence-electron chi connectivity index (χ0n) is 14.2. The summed E-state index contributed by atoms with van der Waals surface area (Å²) in [5.41, 5.74) is 0.139. The van der Waals surface area contributed by atoms with E-state index >= 15 is 0 Å². The third-order valence-electron chi connectivity index (χ3n) is 3.91. The number of carbonyl (C=O) groups excluding carboxylic acids is 2. The predicted octanol–water partition coefficient (Wildman–Crippen LogP) is 5.38. The van der Waals surface area contributed by atoms with Crippen molar-refractivity contribution in [2.75, 3.05) is 5.32 Å². The molecule has 28 heavy (non-hydrogen) atoms. The predicted molar refractivity (Wildman–Crippen MR) is 107 cm³/mol. The third-order valence-corrected chi connectivity index (χ3v) is 4.38. The summed E-state index contributed by atoms with van der Waals surface area (Å²) in [6, 6.07) is 16.5. The highest BCUT2D eigenvalue weighted by molar-refractivity contribution is 6.32. The topological polar surface area (TPSA) is 89.3 Å². The molecule has 1 amide bonds. The number of nitro benzene ring substituents is 1. The van der Waals surface area contributed by atoms with Gasteiger partial charge in [0.05, 0.1) is 10.6 Å². The number of ketones is 1. The van der Waals surface area contributed by atoms with E-state index in [0.717, 1.165) is 6.07 Å². The molecule has 0 aliphatic carbocycles. The van der Waals surface area contributed by atoms with Gasteiger partial charge in [0.15, 0.2) is 5.78 Å². The summed E-state index contributed by atoms with van der Waals surface area (Å²) in [4.78, 5) is 36.0. The first-order valence-corrected chi connectivity index (χ1v) is 8.77. The molecular weight excluding hydrogens is 403 g/mol. The van der Waals surface area contributed by atoms with E-state index in [2.05, 4.69) is 5.32 Å². The number of rotatable bonds is 5. The number of halogens is 2. The quantitative estimate of drug-likeness (QED) is 0.344. The number of nitrogens with zero attached hydrogens (tertiary/aromatic N) is 1. The van der Waals surface area contributed by atoms with Crippen molar-refractivity contribution in [3.63, 3.8) is 0 Å². The van der Waals surface area contributed by atoms with Crippen LogP contribution in [0.5, 0.6) is 0 Å². The molecule has 0 heterocycles. The van der Waals surface area contributed by atoms with Gasteiger partial charge in [-0.2, -0.15) is 0 Å². The van der Waals surface area contributed by atoms with Gasteiger partial charge < -0.3 is 5.32 Å². The minimum absolute atomic E-state index is 0.164. The fourth-order valence-electron chi connectivity index (χ4n) is 2.60. The van der Waals surface area contributed by atoms with E-state index in [1.807, 2.05) is 0 Å². The molecule has 0 aromatic heterocycles. The SMILES string of the molecule is O=C(c1ccccc1)c1cc(Cl)ccc1NC(=O)c1cc(Cl)ccc1[N+](=O)[O-]. The van der Waals surface area contributed by atoms with Gasteiger partial charge in [-0.25, -0.2) is 0 Å². The van der Waals surface area contributed by atoms with Gasteiger partial charge in [0.2, 0.25) is 0 Å². The van der Waals surface area contributed by atoms with Crippen molar-refractivity contribution in [1.82, 2.24) is 0 Å². The number of hydrogen-bond donors (Lipinski definition) is 1. The number of nitrogens with one attached hydrogen (secondary N) is 1. The van der Waals surface area contributed by atoms with Crippen molar-refractivity contribution in [3.05, 3.63) is 104 Å². The average molecular weight is 415 g/mol. The van der Waals surface area contributed by atoms with Crippen LogP contribution in [0.1, 0.15) is 26.3 Å². The lowest BCUT2D eigenvalue weighted by atomic mass is 10.0. The fraction of sp³-hybridized carbons (Fsp3) is 0. The number of carbonyl (C=O) groups is 2. The van der Waals surface area contributed by atoms with Crippen LogP contribution in [0.3, 0.4) is 0 Å². The molecule has 0 saturated carbocycles. The van der Waals surface area contributed by atoms with E-state index in [1.165, 1.54) is 30.3 Å². The highest BCUT2D eigenvalue weighted by Crippen LogP contribution is 2.27. The summed E-state index contributed by atoms with van der Waals surface area (Å²) < 4.78 is 0. The zero-order chi connectivity index (χ0) is 20.3. The number of benzene rings is 3. The number of amides is 1. The Kier molecular flexibility index (Phi) is 5.73. The second-order valence-electron chi connectivity index (χ2n) is 5.76. The van der Waals surface area contributed by atoms with Gasteiger partial charge in [0.1, 0.15) is 5.56 Å². The molecule has 0 spiro atoms. The van der Waals surface area contributed by atoms with E-state index in [4.69, 9.17) is 23.2 Å². The van der Waals surface area contributed by atoms with Crippen LogP contribution in [-0.4, -0.2) is 16.6 Å². The Morgan fingerprint density at radius 3 is 2.11 bits per heavy atom.